The summed E-state index contributed by atoms with van der Waals surface area (Å²) < 4.78 is 1.71. The van der Waals surface area contributed by atoms with Crippen LogP contribution in [-0.4, -0.2) is 62.8 Å². The molecule has 2 heterocycles. The molecule has 1 aliphatic rings. The summed E-state index contributed by atoms with van der Waals surface area (Å²) in [6, 6.07) is -0.0409. The average Bonchev–Trinajstić information content (AvgIpc) is 2.73. The summed E-state index contributed by atoms with van der Waals surface area (Å²) in [5, 5.41) is 16.9. The van der Waals surface area contributed by atoms with Crippen LogP contribution in [0.1, 0.15) is 18.2 Å². The van der Waals surface area contributed by atoms with E-state index in [1.165, 1.54) is 0 Å². The van der Waals surface area contributed by atoms with Crippen LogP contribution in [0.4, 0.5) is 0 Å². The molecule has 1 aromatic heterocycles. The minimum absolute atomic E-state index is 0.0409. The molecule has 0 spiro atoms. The summed E-state index contributed by atoms with van der Waals surface area (Å²) in [5.74, 6) is 0.259. The molecule has 1 atom stereocenters. The number of piperazine rings is 1. The Morgan fingerprint density at radius 3 is 2.52 bits per heavy atom. The average molecular weight is 315 g/mol. The van der Waals surface area contributed by atoms with E-state index < -0.39 is 0 Å². The predicted octanol–water partition coefficient (Wildman–Crippen LogP) is 0.634. The number of nitrogens with zero attached hydrogens (tertiary/aromatic N) is 5. The van der Waals surface area contributed by atoms with E-state index in [0.29, 0.717) is 5.15 Å². The zero-order valence-electron chi connectivity index (χ0n) is 12.8. The molecule has 0 radical (unpaired) electrons. The van der Waals surface area contributed by atoms with Gasteiger partial charge in [0.25, 0.3) is 0 Å². The topological polar surface area (TPSA) is 82.9 Å². The van der Waals surface area contributed by atoms with Crippen molar-refractivity contribution in [3.05, 3.63) is 16.4 Å². The van der Waals surface area contributed by atoms with Gasteiger partial charge in [-0.3, -0.25) is 14.5 Å². The van der Waals surface area contributed by atoms with Gasteiger partial charge in [-0.25, -0.2) is 0 Å². The molecule has 8 heteroatoms. The molecular weight excluding hydrogens is 292 g/mol. The number of halogens is 1. The zero-order chi connectivity index (χ0) is 15.6. The molecule has 0 aromatic carbocycles. The summed E-state index contributed by atoms with van der Waals surface area (Å²) >= 11 is 6.28. The largest absolute Gasteiger partial charge is 0.409 e. The van der Waals surface area contributed by atoms with Crippen molar-refractivity contribution in [2.75, 3.05) is 26.2 Å². The lowest BCUT2D eigenvalue weighted by Crippen LogP contribution is -2.52. The van der Waals surface area contributed by atoms with Gasteiger partial charge in [0, 0.05) is 45.3 Å². The van der Waals surface area contributed by atoms with Gasteiger partial charge in [0.1, 0.15) is 5.15 Å². The molecule has 1 fully saturated rings. The second-order valence-electron chi connectivity index (χ2n) is 5.49. The summed E-state index contributed by atoms with van der Waals surface area (Å²) in [6.07, 6.45) is 0. The SMILES string of the molecule is Cc1nn(C)c(Cl)c1CN1CCN(C(C)C(N)=NO)CC1. The lowest BCUT2D eigenvalue weighted by Gasteiger charge is -2.37. The molecule has 0 saturated carbocycles. The number of oxime groups is 1. The Kier molecular flexibility index (Phi) is 5.08. The number of aryl methyl sites for hydroxylation is 2. The second kappa shape index (κ2) is 6.64. The highest BCUT2D eigenvalue weighted by Crippen LogP contribution is 2.21. The first-order chi connectivity index (χ1) is 9.93. The second-order valence-corrected chi connectivity index (χ2v) is 5.85. The van der Waals surface area contributed by atoms with Crippen LogP contribution in [0.2, 0.25) is 5.15 Å². The zero-order valence-corrected chi connectivity index (χ0v) is 13.5. The third-order valence-corrected chi connectivity index (χ3v) is 4.62. The Bertz CT molecular complexity index is 521. The molecule has 7 nitrogen and oxygen atoms in total. The highest BCUT2D eigenvalue weighted by Gasteiger charge is 2.24. The fourth-order valence-electron chi connectivity index (χ4n) is 2.66. The van der Waals surface area contributed by atoms with Crippen LogP contribution in [0.15, 0.2) is 5.16 Å². The van der Waals surface area contributed by atoms with Crippen molar-refractivity contribution in [2.45, 2.75) is 26.4 Å². The van der Waals surface area contributed by atoms with E-state index in [1.54, 1.807) is 4.68 Å². The molecule has 1 unspecified atom stereocenters. The first-order valence-corrected chi connectivity index (χ1v) is 7.43. The van der Waals surface area contributed by atoms with E-state index in [1.807, 2.05) is 20.9 Å². The van der Waals surface area contributed by atoms with Gasteiger partial charge in [-0.2, -0.15) is 5.10 Å². The van der Waals surface area contributed by atoms with Gasteiger partial charge in [-0.05, 0) is 13.8 Å². The van der Waals surface area contributed by atoms with Crippen LogP contribution in [0, 0.1) is 6.92 Å². The van der Waals surface area contributed by atoms with Gasteiger partial charge in [0.2, 0.25) is 0 Å². The minimum atomic E-state index is -0.0409. The van der Waals surface area contributed by atoms with Crippen molar-refractivity contribution >= 4 is 17.4 Å². The Labute approximate surface area is 129 Å². The Morgan fingerprint density at radius 2 is 2.05 bits per heavy atom. The predicted molar refractivity (Wildman–Crippen MR) is 82.7 cm³/mol. The van der Waals surface area contributed by atoms with E-state index in [2.05, 4.69) is 20.1 Å². The van der Waals surface area contributed by atoms with Crippen molar-refractivity contribution in [3.8, 4) is 0 Å². The highest BCUT2D eigenvalue weighted by molar-refractivity contribution is 6.30. The number of hydrogen-bond donors (Lipinski definition) is 2. The van der Waals surface area contributed by atoms with Crippen LogP contribution >= 0.6 is 11.6 Å². The van der Waals surface area contributed by atoms with E-state index >= 15 is 0 Å². The van der Waals surface area contributed by atoms with Crippen LogP contribution in [0.3, 0.4) is 0 Å². The summed E-state index contributed by atoms with van der Waals surface area (Å²) in [5.41, 5.74) is 7.74. The molecule has 1 aromatic rings. The Hall–Kier alpha value is -1.31. The van der Waals surface area contributed by atoms with Crippen LogP contribution < -0.4 is 5.73 Å². The van der Waals surface area contributed by atoms with E-state index in [9.17, 15) is 0 Å². The van der Waals surface area contributed by atoms with Gasteiger partial charge in [0.15, 0.2) is 5.84 Å². The fourth-order valence-corrected chi connectivity index (χ4v) is 2.89. The number of nitrogens with two attached hydrogens (primary N) is 1. The molecule has 3 N–H and O–H groups in total. The van der Waals surface area contributed by atoms with E-state index in [-0.39, 0.29) is 11.9 Å². The van der Waals surface area contributed by atoms with Gasteiger partial charge >= 0.3 is 0 Å². The standard InChI is InChI=1S/C13H23ClN6O/c1-9-11(12(14)18(3)16-9)8-19-4-6-20(7-5-19)10(2)13(15)17-21/h10,21H,4-8H2,1-3H3,(H2,15,17). The maximum absolute atomic E-state index is 8.75. The summed E-state index contributed by atoms with van der Waals surface area (Å²) in [4.78, 5) is 4.56. The van der Waals surface area contributed by atoms with Gasteiger partial charge in [-0.1, -0.05) is 16.8 Å². The molecule has 1 aliphatic heterocycles. The first kappa shape index (κ1) is 16.1. The molecule has 118 valence electrons. The van der Waals surface area contributed by atoms with Gasteiger partial charge in [0.05, 0.1) is 11.7 Å². The Morgan fingerprint density at radius 1 is 1.43 bits per heavy atom. The number of hydrogen-bond acceptors (Lipinski definition) is 5. The molecule has 21 heavy (non-hydrogen) atoms. The summed E-state index contributed by atoms with van der Waals surface area (Å²) in [7, 11) is 1.86. The molecule has 0 amide bonds. The Balaban J connectivity index is 1.93. The van der Waals surface area contributed by atoms with Gasteiger partial charge in [-0.15, -0.1) is 0 Å². The number of rotatable bonds is 4. The monoisotopic (exact) mass is 314 g/mol. The molecule has 1 saturated heterocycles. The molecule has 2 rings (SSSR count). The smallest absolute Gasteiger partial charge is 0.156 e. The lowest BCUT2D eigenvalue weighted by atomic mass is 10.2. The minimum Gasteiger partial charge on any atom is -0.409 e. The maximum atomic E-state index is 8.75. The van der Waals surface area contributed by atoms with Gasteiger partial charge < -0.3 is 10.9 Å². The van der Waals surface area contributed by atoms with Crippen molar-refractivity contribution in [3.63, 3.8) is 0 Å². The van der Waals surface area contributed by atoms with Crippen molar-refractivity contribution < 1.29 is 5.21 Å². The summed E-state index contributed by atoms with van der Waals surface area (Å²) in [6.45, 7) is 8.36. The van der Waals surface area contributed by atoms with E-state index in [0.717, 1.165) is 44.0 Å². The number of aromatic nitrogens is 2. The van der Waals surface area contributed by atoms with E-state index in [4.69, 9.17) is 22.5 Å². The van der Waals surface area contributed by atoms with Crippen LogP contribution in [0.5, 0.6) is 0 Å². The first-order valence-electron chi connectivity index (χ1n) is 7.05. The number of amidine groups is 1. The molecular formula is C13H23ClN6O. The highest BCUT2D eigenvalue weighted by atomic mass is 35.5. The molecule has 0 bridgehead atoms. The quantitative estimate of drug-likeness (QED) is 0.369. The van der Waals surface area contributed by atoms with Crippen molar-refractivity contribution in [2.24, 2.45) is 17.9 Å². The lowest BCUT2D eigenvalue weighted by molar-refractivity contribution is 0.116. The fraction of sp³-hybridized carbons (Fsp3) is 0.692. The van der Waals surface area contributed by atoms with Crippen molar-refractivity contribution in [1.82, 2.24) is 19.6 Å². The van der Waals surface area contributed by atoms with Crippen molar-refractivity contribution in [1.29, 1.82) is 0 Å². The maximum Gasteiger partial charge on any atom is 0.156 e. The molecule has 0 aliphatic carbocycles. The normalized spacial score (nSPS) is 19.9. The van der Waals surface area contributed by atoms with Crippen LogP contribution in [0.25, 0.3) is 0 Å². The van der Waals surface area contributed by atoms with Crippen LogP contribution in [-0.2, 0) is 13.6 Å². The third kappa shape index (κ3) is 3.48. The third-order valence-electron chi connectivity index (χ3n) is 4.15.